The van der Waals surface area contributed by atoms with Gasteiger partial charge in [-0.3, -0.25) is 14.6 Å². The van der Waals surface area contributed by atoms with Crippen molar-refractivity contribution in [2.24, 2.45) is 0 Å². The Bertz CT molecular complexity index is 880. The van der Waals surface area contributed by atoms with Crippen molar-refractivity contribution in [2.45, 2.75) is 17.3 Å². The van der Waals surface area contributed by atoms with Gasteiger partial charge >= 0.3 is 0 Å². The van der Waals surface area contributed by atoms with Gasteiger partial charge in [-0.1, -0.05) is 42.1 Å². The van der Waals surface area contributed by atoms with Gasteiger partial charge in [0.05, 0.1) is 5.25 Å². The Balaban J connectivity index is 1.70. The maximum Gasteiger partial charge on any atom is 0.278 e. The van der Waals surface area contributed by atoms with E-state index < -0.39 is 5.25 Å². The summed E-state index contributed by atoms with van der Waals surface area (Å²) in [4.78, 5) is 30.9. The lowest BCUT2D eigenvalue weighted by Crippen LogP contribution is -2.23. The van der Waals surface area contributed by atoms with E-state index in [1.165, 1.54) is 11.3 Å². The van der Waals surface area contributed by atoms with Crippen LogP contribution >= 0.6 is 23.1 Å². The van der Waals surface area contributed by atoms with Crippen LogP contribution in [0, 0.1) is 0 Å². The van der Waals surface area contributed by atoms with Crippen LogP contribution in [0.25, 0.3) is 11.3 Å². The maximum atomic E-state index is 12.2. The molecule has 2 aromatic heterocycles. The Labute approximate surface area is 145 Å². The van der Waals surface area contributed by atoms with E-state index in [1.807, 2.05) is 18.2 Å². The molecule has 0 radical (unpaired) electrons. The van der Waals surface area contributed by atoms with Gasteiger partial charge in [0.2, 0.25) is 5.91 Å². The van der Waals surface area contributed by atoms with Crippen LogP contribution in [0.2, 0.25) is 0 Å². The Morgan fingerprint density at radius 2 is 2.08 bits per heavy atom. The Morgan fingerprint density at radius 1 is 1.29 bits per heavy atom. The highest BCUT2D eigenvalue weighted by molar-refractivity contribution is 8.00. The minimum atomic E-state index is -0.457. The number of thiazole rings is 1. The fourth-order valence-corrected chi connectivity index (χ4v) is 3.15. The molecule has 1 amide bonds. The molecule has 3 aromatic rings. The first-order chi connectivity index (χ1) is 11.6. The molecule has 24 heavy (non-hydrogen) atoms. The average molecular weight is 359 g/mol. The number of thioether (sulfide) groups is 1. The summed E-state index contributed by atoms with van der Waals surface area (Å²) in [6, 6.07) is 9.08. The summed E-state index contributed by atoms with van der Waals surface area (Å²) in [6.07, 6.45) is 1.61. The summed E-state index contributed by atoms with van der Waals surface area (Å²) in [5.41, 5.74) is 0.600. The van der Waals surface area contributed by atoms with E-state index >= 15 is 0 Å². The summed E-state index contributed by atoms with van der Waals surface area (Å²) in [7, 11) is 0. The van der Waals surface area contributed by atoms with Crippen molar-refractivity contribution in [1.82, 2.24) is 20.2 Å². The number of aromatic nitrogens is 4. The molecule has 9 heteroatoms. The molecule has 2 N–H and O–H groups in total. The van der Waals surface area contributed by atoms with Gasteiger partial charge in [0.1, 0.15) is 0 Å². The van der Waals surface area contributed by atoms with Crippen molar-refractivity contribution in [3.8, 4) is 11.3 Å². The maximum absolute atomic E-state index is 12.2. The zero-order chi connectivity index (χ0) is 16.9. The predicted molar refractivity (Wildman–Crippen MR) is 94.2 cm³/mol. The molecule has 0 saturated carbocycles. The first-order valence-electron chi connectivity index (χ1n) is 7.03. The Hall–Kier alpha value is -2.52. The third-order valence-corrected chi connectivity index (χ3v) is 4.71. The molecular formula is C15H13N5O2S2. The molecule has 1 aromatic carbocycles. The van der Waals surface area contributed by atoms with E-state index in [4.69, 9.17) is 0 Å². The van der Waals surface area contributed by atoms with Gasteiger partial charge in [0, 0.05) is 17.1 Å². The summed E-state index contributed by atoms with van der Waals surface area (Å²) in [5, 5.41) is 12.8. The molecule has 0 saturated heterocycles. The standard InChI is InChI=1S/C15H13N5O2S2/c1-9(12(21)17-14-16-7-8-23-14)24-15-18-13(22)11(19-20-15)10-5-3-2-4-6-10/h2-9H,1H3,(H,16,17,21)(H,18,20,22). The van der Waals surface area contributed by atoms with E-state index in [2.05, 4.69) is 25.5 Å². The third kappa shape index (κ3) is 3.87. The molecule has 0 aliphatic carbocycles. The number of amides is 1. The molecule has 0 aliphatic heterocycles. The zero-order valence-electron chi connectivity index (χ0n) is 12.6. The molecule has 0 bridgehead atoms. The number of H-pyrrole nitrogens is 1. The highest BCUT2D eigenvalue weighted by Gasteiger charge is 2.18. The number of hydrogen-bond donors (Lipinski definition) is 2. The van der Waals surface area contributed by atoms with Crippen molar-refractivity contribution in [1.29, 1.82) is 0 Å². The number of rotatable bonds is 5. The van der Waals surface area contributed by atoms with Crippen LogP contribution in [0.15, 0.2) is 51.9 Å². The van der Waals surface area contributed by atoms with E-state index in [1.54, 1.807) is 30.6 Å². The van der Waals surface area contributed by atoms with Gasteiger partial charge in [0.25, 0.3) is 5.56 Å². The summed E-state index contributed by atoms with van der Waals surface area (Å²) in [6.45, 7) is 1.72. The van der Waals surface area contributed by atoms with E-state index in [9.17, 15) is 9.59 Å². The van der Waals surface area contributed by atoms with Crippen LogP contribution in [0.4, 0.5) is 5.13 Å². The minimum absolute atomic E-state index is 0.218. The fraction of sp³-hybridized carbons (Fsp3) is 0.133. The van der Waals surface area contributed by atoms with Crippen LogP contribution < -0.4 is 10.9 Å². The number of aromatic amines is 1. The smallest absolute Gasteiger partial charge is 0.278 e. The quantitative estimate of drug-likeness (QED) is 0.679. The number of nitrogens with zero attached hydrogens (tertiary/aromatic N) is 3. The average Bonchev–Trinajstić information content (AvgIpc) is 3.08. The number of hydrogen-bond acceptors (Lipinski definition) is 7. The Kier molecular flexibility index (Phi) is 5.02. The third-order valence-electron chi connectivity index (χ3n) is 3.04. The van der Waals surface area contributed by atoms with Crippen molar-refractivity contribution in [3.05, 3.63) is 52.3 Å². The lowest BCUT2D eigenvalue weighted by Gasteiger charge is -2.09. The minimum Gasteiger partial charge on any atom is -0.301 e. The SMILES string of the molecule is CC(Sc1nnc(-c2ccccc2)c(=O)[nH]1)C(=O)Nc1nccs1. The van der Waals surface area contributed by atoms with Gasteiger partial charge in [0.15, 0.2) is 16.0 Å². The van der Waals surface area contributed by atoms with E-state index in [0.29, 0.717) is 15.9 Å². The highest BCUT2D eigenvalue weighted by atomic mass is 32.2. The normalized spacial score (nSPS) is 11.9. The molecule has 1 unspecified atom stereocenters. The second-order valence-electron chi connectivity index (χ2n) is 4.76. The van der Waals surface area contributed by atoms with Crippen molar-refractivity contribution < 1.29 is 4.79 Å². The van der Waals surface area contributed by atoms with Crippen LogP contribution in [-0.4, -0.2) is 31.3 Å². The van der Waals surface area contributed by atoms with Crippen molar-refractivity contribution in [3.63, 3.8) is 0 Å². The van der Waals surface area contributed by atoms with Gasteiger partial charge in [-0.25, -0.2) is 4.98 Å². The largest absolute Gasteiger partial charge is 0.301 e. The number of benzene rings is 1. The lowest BCUT2D eigenvalue weighted by molar-refractivity contribution is -0.115. The van der Waals surface area contributed by atoms with Gasteiger partial charge in [-0.05, 0) is 6.92 Å². The molecule has 122 valence electrons. The number of nitrogens with one attached hydrogen (secondary N) is 2. The van der Waals surface area contributed by atoms with Gasteiger partial charge < -0.3 is 5.32 Å². The van der Waals surface area contributed by atoms with Crippen molar-refractivity contribution >= 4 is 34.1 Å². The van der Waals surface area contributed by atoms with Gasteiger partial charge in [-0.15, -0.1) is 21.5 Å². The topological polar surface area (TPSA) is 101 Å². The second-order valence-corrected chi connectivity index (χ2v) is 6.98. The molecule has 2 heterocycles. The molecule has 0 aliphatic rings. The Morgan fingerprint density at radius 3 is 2.75 bits per heavy atom. The van der Waals surface area contributed by atoms with Crippen LogP contribution in [0.5, 0.6) is 0 Å². The second kappa shape index (κ2) is 7.37. The van der Waals surface area contributed by atoms with Crippen LogP contribution in [-0.2, 0) is 4.79 Å². The molecule has 0 fully saturated rings. The first-order valence-corrected chi connectivity index (χ1v) is 8.79. The summed E-state index contributed by atoms with van der Waals surface area (Å²) in [5.74, 6) is -0.218. The zero-order valence-corrected chi connectivity index (χ0v) is 14.2. The van der Waals surface area contributed by atoms with Crippen LogP contribution in [0.3, 0.4) is 0 Å². The fourth-order valence-electron chi connectivity index (χ4n) is 1.87. The number of carbonyl (C=O) groups excluding carboxylic acids is 1. The summed E-state index contributed by atoms with van der Waals surface area (Å²) >= 11 is 2.47. The lowest BCUT2D eigenvalue weighted by atomic mass is 10.2. The first kappa shape index (κ1) is 16.3. The molecule has 7 nitrogen and oxygen atoms in total. The predicted octanol–water partition coefficient (Wildman–Crippen LogP) is 2.41. The van der Waals surface area contributed by atoms with E-state index in [0.717, 1.165) is 11.8 Å². The molecule has 3 rings (SSSR count). The molecular weight excluding hydrogens is 346 g/mol. The monoisotopic (exact) mass is 359 g/mol. The molecule has 1 atom stereocenters. The van der Waals surface area contributed by atoms with E-state index in [-0.39, 0.29) is 17.2 Å². The highest BCUT2D eigenvalue weighted by Crippen LogP contribution is 2.21. The summed E-state index contributed by atoms with van der Waals surface area (Å²) < 4.78 is 0. The molecule has 0 spiro atoms. The van der Waals surface area contributed by atoms with Gasteiger partial charge in [-0.2, -0.15) is 0 Å². The number of carbonyl (C=O) groups is 1. The van der Waals surface area contributed by atoms with Crippen LogP contribution in [0.1, 0.15) is 6.92 Å². The number of anilines is 1. The van der Waals surface area contributed by atoms with Crippen molar-refractivity contribution in [2.75, 3.05) is 5.32 Å².